The Morgan fingerprint density at radius 3 is 2.79 bits per heavy atom. The summed E-state index contributed by atoms with van der Waals surface area (Å²) < 4.78 is 50.6. The zero-order chi connectivity index (χ0) is 13.6. The van der Waals surface area contributed by atoms with Crippen LogP contribution in [0.4, 0.5) is 8.78 Å². The fourth-order valence-corrected chi connectivity index (χ4v) is 4.32. The summed E-state index contributed by atoms with van der Waals surface area (Å²) in [7, 11) is -3.26. The topological polar surface area (TPSA) is 62.8 Å². The van der Waals surface area contributed by atoms with Crippen LogP contribution in [-0.2, 0) is 9.84 Å². The van der Waals surface area contributed by atoms with E-state index in [9.17, 15) is 17.2 Å². The van der Waals surface area contributed by atoms with E-state index >= 15 is 0 Å². The van der Waals surface area contributed by atoms with Crippen molar-refractivity contribution in [3.63, 3.8) is 0 Å². The van der Waals surface area contributed by atoms with Gasteiger partial charge in [-0.05, 0) is 25.0 Å². The van der Waals surface area contributed by atoms with E-state index in [0.717, 1.165) is 12.5 Å². The molecule has 1 aromatic carbocycles. The molecule has 3 rings (SSSR count). The number of rotatable bonds is 1. The number of hydrogen-bond acceptors (Lipinski definition) is 3. The van der Waals surface area contributed by atoms with Crippen molar-refractivity contribution in [3.8, 4) is 0 Å². The zero-order valence-electron chi connectivity index (χ0n) is 9.99. The summed E-state index contributed by atoms with van der Waals surface area (Å²) in [5.74, 6) is -1.71. The number of sulfone groups is 1. The Labute approximate surface area is 108 Å². The van der Waals surface area contributed by atoms with Crippen molar-refractivity contribution in [3.05, 3.63) is 29.6 Å². The lowest BCUT2D eigenvalue weighted by Gasteiger charge is -2.19. The molecule has 7 heteroatoms. The van der Waals surface area contributed by atoms with Gasteiger partial charge in [-0.1, -0.05) is 6.42 Å². The molecule has 2 aromatic rings. The van der Waals surface area contributed by atoms with Crippen LogP contribution in [-0.4, -0.2) is 24.1 Å². The van der Waals surface area contributed by atoms with Crippen LogP contribution in [0.3, 0.4) is 0 Å². The van der Waals surface area contributed by atoms with Gasteiger partial charge in [0.2, 0.25) is 0 Å². The molecule has 0 radical (unpaired) electrons. The van der Waals surface area contributed by atoms with Crippen LogP contribution in [0.2, 0.25) is 0 Å². The van der Waals surface area contributed by atoms with Crippen molar-refractivity contribution in [2.24, 2.45) is 0 Å². The predicted octanol–water partition coefficient (Wildman–Crippen LogP) is 2.48. The highest BCUT2D eigenvalue weighted by molar-refractivity contribution is 7.91. The van der Waals surface area contributed by atoms with Crippen molar-refractivity contribution in [1.82, 2.24) is 9.97 Å². The minimum atomic E-state index is -3.26. The smallest absolute Gasteiger partial charge is 0.186 e. The van der Waals surface area contributed by atoms with Crippen molar-refractivity contribution >= 4 is 20.9 Å². The van der Waals surface area contributed by atoms with E-state index < -0.39 is 26.7 Å². The largest absolute Gasteiger partial charge is 0.341 e. The minimum Gasteiger partial charge on any atom is -0.341 e. The second-order valence-electron chi connectivity index (χ2n) is 4.73. The molecule has 2 heterocycles. The van der Waals surface area contributed by atoms with Gasteiger partial charge in [0, 0.05) is 0 Å². The Bertz CT molecular complexity index is 740. The second-order valence-corrected chi connectivity index (χ2v) is 7.03. The van der Waals surface area contributed by atoms with Gasteiger partial charge in [0.25, 0.3) is 0 Å². The molecule has 1 N–H and O–H groups in total. The molecule has 0 spiro atoms. The van der Waals surface area contributed by atoms with E-state index in [1.807, 2.05) is 0 Å². The van der Waals surface area contributed by atoms with Gasteiger partial charge < -0.3 is 4.98 Å². The number of halogens is 2. The standard InChI is InChI=1S/C12H12F2N2O2S/c13-7-4-5-8-11(10(7)14)16-12(15-8)9-3-1-2-6-19(9,17)18/h4-5,9H,1-3,6H2,(H,15,16). The van der Waals surface area contributed by atoms with Gasteiger partial charge in [-0.15, -0.1) is 0 Å². The molecule has 1 aromatic heterocycles. The van der Waals surface area contributed by atoms with Gasteiger partial charge >= 0.3 is 0 Å². The monoisotopic (exact) mass is 286 g/mol. The molecular formula is C12H12F2N2O2S. The average Bonchev–Trinajstić information content (AvgIpc) is 2.78. The molecule has 19 heavy (non-hydrogen) atoms. The fourth-order valence-electron chi connectivity index (χ4n) is 2.45. The number of imidazole rings is 1. The Balaban J connectivity index is 2.13. The quantitative estimate of drug-likeness (QED) is 0.876. The molecule has 0 aliphatic carbocycles. The van der Waals surface area contributed by atoms with Crippen LogP contribution in [0.1, 0.15) is 30.3 Å². The SMILES string of the molecule is O=S1(=O)CCCCC1c1nc2c(F)c(F)ccc2[nH]1. The Hall–Kier alpha value is -1.50. The maximum atomic E-state index is 13.6. The molecule has 1 aliphatic rings. The minimum absolute atomic E-state index is 0.117. The summed E-state index contributed by atoms with van der Waals surface area (Å²) in [6, 6.07) is 2.36. The Kier molecular flexibility index (Phi) is 2.81. The first-order valence-corrected chi connectivity index (χ1v) is 7.76. The van der Waals surface area contributed by atoms with Gasteiger partial charge in [-0.3, -0.25) is 0 Å². The molecule has 4 nitrogen and oxygen atoms in total. The average molecular weight is 286 g/mol. The number of benzene rings is 1. The van der Waals surface area contributed by atoms with Crippen molar-refractivity contribution in [2.75, 3.05) is 5.75 Å². The van der Waals surface area contributed by atoms with E-state index in [4.69, 9.17) is 0 Å². The first kappa shape index (κ1) is 12.5. The third-order valence-corrected chi connectivity index (χ3v) is 5.63. The third kappa shape index (κ3) is 2.01. The van der Waals surface area contributed by atoms with E-state index in [1.54, 1.807) is 0 Å². The zero-order valence-corrected chi connectivity index (χ0v) is 10.8. The number of H-pyrrole nitrogens is 1. The summed E-state index contributed by atoms with van der Waals surface area (Å²) in [6.07, 6.45) is 1.89. The van der Waals surface area contributed by atoms with Gasteiger partial charge in [0.15, 0.2) is 21.5 Å². The molecule has 1 aliphatic heterocycles. The van der Waals surface area contributed by atoms with Gasteiger partial charge in [0.05, 0.1) is 11.3 Å². The highest BCUT2D eigenvalue weighted by Crippen LogP contribution is 2.33. The summed E-state index contributed by atoms with van der Waals surface area (Å²) >= 11 is 0. The maximum Gasteiger partial charge on any atom is 0.186 e. The lowest BCUT2D eigenvalue weighted by molar-refractivity contribution is 0.515. The first-order valence-electron chi connectivity index (χ1n) is 6.04. The number of fused-ring (bicyclic) bond motifs is 1. The third-order valence-electron chi connectivity index (χ3n) is 3.45. The van der Waals surface area contributed by atoms with E-state index in [2.05, 4.69) is 9.97 Å². The number of nitrogens with zero attached hydrogens (tertiary/aromatic N) is 1. The fraction of sp³-hybridized carbons (Fsp3) is 0.417. The van der Waals surface area contributed by atoms with Crippen LogP contribution in [0, 0.1) is 11.6 Å². The molecular weight excluding hydrogens is 274 g/mol. The molecule has 0 amide bonds. The molecule has 1 fully saturated rings. The van der Waals surface area contributed by atoms with Crippen molar-refractivity contribution in [2.45, 2.75) is 24.5 Å². The molecule has 1 atom stereocenters. The highest BCUT2D eigenvalue weighted by Gasteiger charge is 2.33. The van der Waals surface area contributed by atoms with Gasteiger partial charge in [0.1, 0.15) is 16.6 Å². The van der Waals surface area contributed by atoms with Crippen LogP contribution < -0.4 is 0 Å². The van der Waals surface area contributed by atoms with E-state index in [-0.39, 0.29) is 17.1 Å². The Morgan fingerprint density at radius 1 is 1.26 bits per heavy atom. The number of hydrogen-bond donors (Lipinski definition) is 1. The van der Waals surface area contributed by atoms with Crippen LogP contribution in [0.5, 0.6) is 0 Å². The van der Waals surface area contributed by atoms with E-state index in [1.165, 1.54) is 6.07 Å². The van der Waals surface area contributed by atoms with Crippen LogP contribution in [0.15, 0.2) is 12.1 Å². The molecule has 0 bridgehead atoms. The number of aromatic nitrogens is 2. The summed E-state index contributed by atoms with van der Waals surface area (Å²) in [5.41, 5.74) is 0.172. The first-order chi connectivity index (χ1) is 8.99. The van der Waals surface area contributed by atoms with Crippen molar-refractivity contribution in [1.29, 1.82) is 0 Å². The number of aromatic amines is 1. The van der Waals surface area contributed by atoms with Crippen LogP contribution >= 0.6 is 0 Å². The lowest BCUT2D eigenvalue weighted by Crippen LogP contribution is -2.22. The van der Waals surface area contributed by atoms with Gasteiger partial charge in [-0.25, -0.2) is 22.2 Å². The van der Waals surface area contributed by atoms with Gasteiger partial charge in [-0.2, -0.15) is 0 Å². The summed E-state index contributed by atoms with van der Waals surface area (Å²) in [5, 5.41) is -0.740. The second kappa shape index (κ2) is 4.26. The van der Waals surface area contributed by atoms with Crippen molar-refractivity contribution < 1.29 is 17.2 Å². The Morgan fingerprint density at radius 2 is 2.05 bits per heavy atom. The molecule has 0 saturated carbocycles. The molecule has 1 saturated heterocycles. The normalized spacial score (nSPS) is 22.7. The highest BCUT2D eigenvalue weighted by atomic mass is 32.2. The lowest BCUT2D eigenvalue weighted by atomic mass is 10.2. The van der Waals surface area contributed by atoms with E-state index in [0.29, 0.717) is 18.4 Å². The molecule has 102 valence electrons. The summed E-state index contributed by atoms with van der Waals surface area (Å²) in [6.45, 7) is 0. The predicted molar refractivity (Wildman–Crippen MR) is 66.4 cm³/mol. The maximum absolute atomic E-state index is 13.6. The van der Waals surface area contributed by atoms with Crippen LogP contribution in [0.25, 0.3) is 11.0 Å². The molecule has 1 unspecified atom stereocenters. The number of nitrogens with one attached hydrogen (secondary N) is 1. The summed E-state index contributed by atoms with van der Waals surface area (Å²) in [4.78, 5) is 6.73.